The van der Waals surface area contributed by atoms with Gasteiger partial charge in [0, 0.05) is 37.4 Å². The normalized spacial score (nSPS) is 12.8. The van der Waals surface area contributed by atoms with E-state index in [1.54, 1.807) is 23.2 Å². The molecular weight excluding hydrogens is 414 g/mol. The van der Waals surface area contributed by atoms with Crippen LogP contribution in [-0.2, 0) is 19.4 Å². The number of urea groups is 1. The summed E-state index contributed by atoms with van der Waals surface area (Å²) in [6, 6.07) is 21.5. The second-order valence-electron chi connectivity index (χ2n) is 8.36. The third-order valence-corrected chi connectivity index (χ3v) is 5.59. The van der Waals surface area contributed by atoms with Crippen LogP contribution in [0.5, 0.6) is 0 Å². The fourth-order valence-electron chi connectivity index (χ4n) is 3.72. The van der Waals surface area contributed by atoms with Crippen LogP contribution in [0.2, 0.25) is 0 Å². The Morgan fingerprint density at radius 3 is 2.48 bits per heavy atom. The molecule has 0 aliphatic rings. The Morgan fingerprint density at radius 1 is 1.06 bits per heavy atom. The number of hydrogen-bond donors (Lipinski definition) is 4. The van der Waals surface area contributed by atoms with Gasteiger partial charge in [0.05, 0.1) is 6.10 Å². The molecule has 33 heavy (non-hydrogen) atoms. The van der Waals surface area contributed by atoms with Gasteiger partial charge in [-0.2, -0.15) is 0 Å². The third-order valence-electron chi connectivity index (χ3n) is 5.59. The van der Waals surface area contributed by atoms with Crippen LogP contribution in [0.15, 0.2) is 72.9 Å². The minimum atomic E-state index is -0.652. The molecule has 1 heterocycles. The van der Waals surface area contributed by atoms with Crippen molar-refractivity contribution in [3.8, 4) is 0 Å². The number of rotatable bonds is 11. The zero-order valence-electron chi connectivity index (χ0n) is 19.0. The Bertz CT molecular complexity index is 1010. The first-order chi connectivity index (χ1) is 15.9. The highest BCUT2D eigenvalue weighted by molar-refractivity contribution is 5.72. The SMILES string of the molecule is C[C@H](Cc1cccc(CN(CCc2ccccc2)C(N)=O)c1)NC[C@@H](O)c1ccc(N)nc1. The molecule has 0 unspecified atom stereocenters. The molecule has 0 aliphatic heterocycles. The van der Waals surface area contributed by atoms with Gasteiger partial charge in [-0.1, -0.05) is 60.7 Å². The van der Waals surface area contributed by atoms with Gasteiger partial charge < -0.3 is 26.8 Å². The van der Waals surface area contributed by atoms with Crippen molar-refractivity contribution in [3.05, 3.63) is 95.2 Å². The number of pyridine rings is 1. The lowest BCUT2D eigenvalue weighted by atomic mass is 10.0. The molecule has 2 atom stereocenters. The van der Waals surface area contributed by atoms with E-state index in [4.69, 9.17) is 11.5 Å². The Balaban J connectivity index is 1.52. The van der Waals surface area contributed by atoms with E-state index in [2.05, 4.69) is 41.5 Å². The molecule has 0 saturated heterocycles. The minimum Gasteiger partial charge on any atom is -0.387 e. The predicted molar refractivity (Wildman–Crippen MR) is 131 cm³/mol. The number of aliphatic hydroxyl groups excluding tert-OH is 1. The number of nitrogen functional groups attached to an aromatic ring is 1. The van der Waals surface area contributed by atoms with Crippen molar-refractivity contribution in [2.45, 2.75) is 38.5 Å². The van der Waals surface area contributed by atoms with Crippen molar-refractivity contribution >= 4 is 11.8 Å². The molecule has 6 N–H and O–H groups in total. The molecule has 0 fully saturated rings. The number of aliphatic hydroxyl groups is 1. The van der Waals surface area contributed by atoms with Crippen LogP contribution >= 0.6 is 0 Å². The number of aromatic nitrogens is 1. The summed E-state index contributed by atoms with van der Waals surface area (Å²) >= 11 is 0. The first-order valence-electron chi connectivity index (χ1n) is 11.2. The summed E-state index contributed by atoms with van der Waals surface area (Å²) in [7, 11) is 0. The van der Waals surface area contributed by atoms with Gasteiger partial charge in [-0.05, 0) is 42.5 Å². The maximum atomic E-state index is 12.0. The molecule has 2 amide bonds. The Hall–Kier alpha value is -3.42. The molecule has 2 aromatic carbocycles. The zero-order chi connectivity index (χ0) is 23.6. The van der Waals surface area contributed by atoms with Gasteiger partial charge in [0.25, 0.3) is 0 Å². The fourth-order valence-corrected chi connectivity index (χ4v) is 3.72. The van der Waals surface area contributed by atoms with Crippen LogP contribution in [0.4, 0.5) is 10.6 Å². The van der Waals surface area contributed by atoms with Gasteiger partial charge >= 0.3 is 6.03 Å². The van der Waals surface area contributed by atoms with E-state index < -0.39 is 12.1 Å². The lowest BCUT2D eigenvalue weighted by Crippen LogP contribution is -2.36. The van der Waals surface area contributed by atoms with Gasteiger partial charge in [0.2, 0.25) is 0 Å². The van der Waals surface area contributed by atoms with Gasteiger partial charge in [-0.25, -0.2) is 9.78 Å². The number of anilines is 1. The maximum Gasteiger partial charge on any atom is 0.315 e. The minimum absolute atomic E-state index is 0.155. The molecule has 7 nitrogen and oxygen atoms in total. The number of primary amides is 1. The standard InChI is InChI=1S/C26H33N5O2/c1-19(29-17-24(32)23-10-11-25(27)30-16-23)14-21-8-5-9-22(15-21)18-31(26(28)33)13-12-20-6-3-2-4-7-20/h2-11,15-16,19,24,29,32H,12-14,17-18H2,1H3,(H2,27,30)(H2,28,33)/t19-,24-/m1/s1. The Morgan fingerprint density at radius 2 is 1.79 bits per heavy atom. The van der Waals surface area contributed by atoms with Crippen molar-refractivity contribution in [1.29, 1.82) is 0 Å². The lowest BCUT2D eigenvalue weighted by Gasteiger charge is -2.21. The van der Waals surface area contributed by atoms with Crippen LogP contribution in [0.25, 0.3) is 0 Å². The number of nitrogens with zero attached hydrogens (tertiary/aromatic N) is 2. The average Bonchev–Trinajstić information content (AvgIpc) is 2.81. The van der Waals surface area contributed by atoms with Crippen LogP contribution in [-0.4, -0.2) is 40.2 Å². The molecule has 0 aliphatic carbocycles. The molecule has 3 rings (SSSR count). The first-order valence-corrected chi connectivity index (χ1v) is 11.2. The topological polar surface area (TPSA) is 118 Å². The molecule has 0 saturated carbocycles. The fraction of sp³-hybridized carbons (Fsp3) is 0.308. The summed E-state index contributed by atoms with van der Waals surface area (Å²) < 4.78 is 0. The number of benzene rings is 2. The first kappa shape index (κ1) is 24.2. The van der Waals surface area contributed by atoms with Crippen LogP contribution in [0.3, 0.4) is 0 Å². The van der Waals surface area contributed by atoms with E-state index in [-0.39, 0.29) is 6.04 Å². The number of carbonyl (C=O) groups is 1. The molecule has 174 valence electrons. The lowest BCUT2D eigenvalue weighted by molar-refractivity contribution is 0.170. The highest BCUT2D eigenvalue weighted by atomic mass is 16.3. The van der Waals surface area contributed by atoms with Gasteiger partial charge in [0.15, 0.2) is 0 Å². The van der Waals surface area contributed by atoms with Crippen molar-refractivity contribution < 1.29 is 9.90 Å². The molecular formula is C26H33N5O2. The van der Waals surface area contributed by atoms with Crippen molar-refractivity contribution in [3.63, 3.8) is 0 Å². The van der Waals surface area contributed by atoms with E-state index in [1.807, 2.05) is 30.3 Å². The van der Waals surface area contributed by atoms with Crippen molar-refractivity contribution in [1.82, 2.24) is 15.2 Å². The van der Waals surface area contributed by atoms with E-state index in [1.165, 1.54) is 5.56 Å². The molecule has 1 aromatic heterocycles. The number of nitrogens with one attached hydrogen (secondary N) is 1. The third kappa shape index (κ3) is 7.89. The van der Waals surface area contributed by atoms with Gasteiger partial charge in [0.1, 0.15) is 5.82 Å². The average molecular weight is 448 g/mol. The second-order valence-corrected chi connectivity index (χ2v) is 8.36. The summed E-state index contributed by atoms with van der Waals surface area (Å²) in [5.74, 6) is 0.433. The highest BCUT2D eigenvalue weighted by Crippen LogP contribution is 2.14. The molecule has 3 aromatic rings. The predicted octanol–water partition coefficient (Wildman–Crippen LogP) is 3.04. The Labute approximate surface area is 195 Å². The summed E-state index contributed by atoms with van der Waals surface area (Å²) in [6.45, 7) is 3.54. The maximum absolute atomic E-state index is 12.0. The van der Waals surface area contributed by atoms with Crippen LogP contribution in [0, 0.1) is 0 Å². The summed E-state index contributed by atoms with van der Waals surface area (Å²) in [6.07, 6.45) is 2.50. The number of carbonyl (C=O) groups excluding carboxylic acids is 1. The summed E-state index contributed by atoms with van der Waals surface area (Å²) in [4.78, 5) is 17.7. The van der Waals surface area contributed by atoms with E-state index in [0.717, 1.165) is 29.5 Å². The van der Waals surface area contributed by atoms with E-state index >= 15 is 0 Å². The monoisotopic (exact) mass is 447 g/mol. The summed E-state index contributed by atoms with van der Waals surface area (Å²) in [5, 5.41) is 13.7. The van der Waals surface area contributed by atoms with E-state index in [0.29, 0.717) is 25.5 Å². The van der Waals surface area contributed by atoms with Crippen LogP contribution < -0.4 is 16.8 Å². The second kappa shape index (κ2) is 12.0. The number of amides is 2. The Kier molecular flexibility index (Phi) is 8.80. The molecule has 0 radical (unpaired) electrons. The van der Waals surface area contributed by atoms with E-state index in [9.17, 15) is 9.90 Å². The van der Waals surface area contributed by atoms with Gasteiger partial charge in [-0.3, -0.25) is 0 Å². The van der Waals surface area contributed by atoms with Crippen LogP contribution in [0.1, 0.15) is 35.3 Å². The van der Waals surface area contributed by atoms with Crippen molar-refractivity contribution in [2.75, 3.05) is 18.8 Å². The highest BCUT2D eigenvalue weighted by Gasteiger charge is 2.13. The number of hydrogen-bond acceptors (Lipinski definition) is 5. The molecule has 0 spiro atoms. The number of nitrogens with two attached hydrogens (primary N) is 2. The zero-order valence-corrected chi connectivity index (χ0v) is 19.0. The molecule has 0 bridgehead atoms. The molecule has 7 heteroatoms. The largest absolute Gasteiger partial charge is 0.387 e. The quantitative estimate of drug-likeness (QED) is 0.360. The summed E-state index contributed by atoms with van der Waals surface area (Å²) in [5.41, 5.74) is 15.3. The van der Waals surface area contributed by atoms with Crippen molar-refractivity contribution in [2.24, 2.45) is 5.73 Å². The smallest absolute Gasteiger partial charge is 0.315 e. The van der Waals surface area contributed by atoms with Gasteiger partial charge in [-0.15, -0.1) is 0 Å².